The van der Waals surface area contributed by atoms with Crippen LogP contribution in [0.15, 0.2) is 53.4 Å². The van der Waals surface area contributed by atoms with Crippen LogP contribution in [0.4, 0.5) is 11.4 Å². The van der Waals surface area contributed by atoms with Gasteiger partial charge in [0.15, 0.2) is 0 Å². The summed E-state index contributed by atoms with van der Waals surface area (Å²) in [6.07, 6.45) is 0. The number of carbonyl (C=O) groups excluding carboxylic acids is 1. The molecule has 26 heavy (non-hydrogen) atoms. The molecule has 7 nitrogen and oxygen atoms in total. The largest absolute Gasteiger partial charge is 0.508 e. The smallest absolute Gasteiger partial charge is 0.295 e. The number of phenols is 1. The van der Waals surface area contributed by atoms with E-state index in [9.17, 15) is 22.9 Å². The summed E-state index contributed by atoms with van der Waals surface area (Å²) >= 11 is 0. The number of aromatic hydroxyl groups is 1. The number of aryl methyl sites for hydroxylation is 1. The second-order valence-electron chi connectivity index (χ2n) is 5.86. The highest BCUT2D eigenvalue weighted by atomic mass is 32.2. The Labute approximate surface area is 149 Å². The van der Waals surface area contributed by atoms with Crippen LogP contribution >= 0.6 is 0 Å². The molecule has 0 aliphatic carbocycles. The van der Waals surface area contributed by atoms with Gasteiger partial charge in [-0.2, -0.15) is 8.42 Å². The van der Waals surface area contributed by atoms with Crippen LogP contribution in [0.5, 0.6) is 5.75 Å². The minimum Gasteiger partial charge on any atom is -0.508 e. The number of rotatable bonds is 3. The molecule has 134 valence electrons. The number of hydrogen-bond donors (Lipinski definition) is 4. The maximum absolute atomic E-state index is 12.5. The van der Waals surface area contributed by atoms with E-state index >= 15 is 0 Å². The fraction of sp³-hybridized carbons (Fsp3) is 0.0556. The average molecular weight is 372 g/mol. The minimum absolute atomic E-state index is 0.0854. The predicted molar refractivity (Wildman–Crippen MR) is 99.0 cm³/mol. The average Bonchev–Trinajstić information content (AvgIpc) is 2.53. The van der Waals surface area contributed by atoms with Gasteiger partial charge in [-0.1, -0.05) is 6.07 Å². The normalized spacial score (nSPS) is 11.5. The lowest BCUT2D eigenvalue weighted by Crippen LogP contribution is -2.14. The van der Waals surface area contributed by atoms with Crippen molar-refractivity contribution in [2.45, 2.75) is 11.8 Å². The molecule has 1 amide bonds. The van der Waals surface area contributed by atoms with Gasteiger partial charge in [0.05, 0.1) is 5.56 Å². The van der Waals surface area contributed by atoms with E-state index in [4.69, 9.17) is 5.73 Å². The van der Waals surface area contributed by atoms with Crippen molar-refractivity contribution in [3.8, 4) is 5.75 Å². The number of amides is 1. The lowest BCUT2D eigenvalue weighted by Gasteiger charge is -2.12. The zero-order chi connectivity index (χ0) is 19.1. The van der Waals surface area contributed by atoms with E-state index in [2.05, 4.69) is 5.32 Å². The first-order valence-corrected chi connectivity index (χ1v) is 9.01. The number of nitrogens with two attached hydrogens (primary N) is 1. The van der Waals surface area contributed by atoms with Gasteiger partial charge >= 0.3 is 0 Å². The van der Waals surface area contributed by atoms with Crippen LogP contribution in [0.1, 0.15) is 15.9 Å². The second kappa shape index (κ2) is 6.32. The van der Waals surface area contributed by atoms with E-state index < -0.39 is 16.0 Å². The number of anilines is 2. The Morgan fingerprint density at radius 2 is 1.77 bits per heavy atom. The van der Waals surface area contributed by atoms with Crippen LogP contribution in [-0.4, -0.2) is 24.0 Å². The number of fused-ring (bicyclic) bond motifs is 1. The van der Waals surface area contributed by atoms with Crippen molar-refractivity contribution in [1.82, 2.24) is 0 Å². The lowest BCUT2D eigenvalue weighted by molar-refractivity contribution is 0.102. The molecule has 0 bridgehead atoms. The molecule has 3 aromatic carbocycles. The first-order valence-electron chi connectivity index (χ1n) is 7.57. The Morgan fingerprint density at radius 1 is 1.04 bits per heavy atom. The summed E-state index contributed by atoms with van der Waals surface area (Å²) in [5, 5.41) is 12.8. The molecule has 0 spiro atoms. The van der Waals surface area contributed by atoms with Gasteiger partial charge in [-0.15, -0.1) is 0 Å². The van der Waals surface area contributed by atoms with Crippen molar-refractivity contribution in [2.24, 2.45) is 0 Å². The van der Waals surface area contributed by atoms with Crippen molar-refractivity contribution in [1.29, 1.82) is 0 Å². The Hall–Kier alpha value is -3.10. The van der Waals surface area contributed by atoms with Gasteiger partial charge < -0.3 is 16.2 Å². The molecule has 0 aliphatic rings. The Bertz CT molecular complexity index is 1140. The molecule has 3 rings (SSSR count). The molecule has 8 heteroatoms. The van der Waals surface area contributed by atoms with Gasteiger partial charge in [0, 0.05) is 22.1 Å². The first kappa shape index (κ1) is 17.7. The van der Waals surface area contributed by atoms with Gasteiger partial charge in [-0.3, -0.25) is 9.35 Å². The highest BCUT2D eigenvalue weighted by molar-refractivity contribution is 7.86. The molecule has 0 aromatic heterocycles. The molecule has 0 atom stereocenters. The number of phenolic OH excluding ortho intramolecular Hbond substituents is 1. The van der Waals surface area contributed by atoms with Crippen molar-refractivity contribution in [3.63, 3.8) is 0 Å². The molecule has 0 saturated heterocycles. The van der Waals surface area contributed by atoms with Crippen LogP contribution in [0.3, 0.4) is 0 Å². The quantitative estimate of drug-likeness (QED) is 0.413. The van der Waals surface area contributed by atoms with Crippen molar-refractivity contribution in [3.05, 3.63) is 59.7 Å². The second-order valence-corrected chi connectivity index (χ2v) is 7.25. The highest BCUT2D eigenvalue weighted by Crippen LogP contribution is 2.32. The predicted octanol–water partition coefficient (Wildman–Crippen LogP) is 2.94. The number of carbonyl (C=O) groups is 1. The van der Waals surface area contributed by atoms with E-state index in [1.807, 2.05) is 6.92 Å². The lowest BCUT2D eigenvalue weighted by atomic mass is 10.1. The van der Waals surface area contributed by atoms with E-state index in [0.717, 1.165) is 11.6 Å². The molecule has 0 aliphatic heterocycles. The van der Waals surface area contributed by atoms with Crippen molar-refractivity contribution in [2.75, 3.05) is 11.1 Å². The molecule has 0 radical (unpaired) electrons. The molecule has 3 aromatic rings. The van der Waals surface area contributed by atoms with Crippen LogP contribution < -0.4 is 11.1 Å². The molecular weight excluding hydrogens is 356 g/mol. The third kappa shape index (κ3) is 3.32. The van der Waals surface area contributed by atoms with E-state index in [0.29, 0.717) is 16.8 Å². The van der Waals surface area contributed by atoms with Crippen LogP contribution in [0.2, 0.25) is 0 Å². The maximum atomic E-state index is 12.5. The van der Waals surface area contributed by atoms with Crippen molar-refractivity contribution < 1.29 is 22.9 Å². The summed E-state index contributed by atoms with van der Waals surface area (Å²) in [5.41, 5.74) is 7.71. The fourth-order valence-corrected chi connectivity index (χ4v) is 3.41. The number of hydrogen-bond acceptors (Lipinski definition) is 5. The number of benzene rings is 3. The number of nitrogen functional groups attached to an aromatic ring is 1. The Kier molecular flexibility index (Phi) is 4.31. The SMILES string of the molecule is Cc1ccc(C(=O)Nc2ccc(S(=O)(=O)O)c3cc(O)ccc23)c(N)c1. The first-order chi connectivity index (χ1) is 12.2. The zero-order valence-corrected chi connectivity index (χ0v) is 14.5. The Balaban J connectivity index is 2.10. The standard InChI is InChI=1S/C18H16N2O5S/c1-10-2-4-13(15(19)8-10)18(22)20-16-6-7-17(26(23,24)25)14-9-11(21)3-5-12(14)16/h2-9,21H,19H2,1H3,(H,20,22)(H,23,24,25). The van der Waals surface area contributed by atoms with E-state index in [-0.39, 0.29) is 21.6 Å². The zero-order valence-electron chi connectivity index (χ0n) is 13.7. The molecular formula is C18H16N2O5S. The third-order valence-corrected chi connectivity index (χ3v) is 4.85. The molecule has 0 heterocycles. The van der Waals surface area contributed by atoms with Gasteiger partial charge in [0.2, 0.25) is 0 Å². The fourth-order valence-electron chi connectivity index (χ4n) is 2.72. The van der Waals surface area contributed by atoms with Gasteiger partial charge in [-0.25, -0.2) is 0 Å². The summed E-state index contributed by atoms with van der Waals surface area (Å²) in [6, 6.07) is 11.6. The van der Waals surface area contributed by atoms with Crippen molar-refractivity contribution >= 4 is 38.2 Å². The highest BCUT2D eigenvalue weighted by Gasteiger charge is 2.18. The van der Waals surface area contributed by atoms with Crippen LogP contribution in [-0.2, 0) is 10.1 Å². The minimum atomic E-state index is -4.50. The summed E-state index contributed by atoms with van der Waals surface area (Å²) in [6.45, 7) is 1.85. The van der Waals surface area contributed by atoms with Gasteiger partial charge in [0.1, 0.15) is 10.6 Å². The van der Waals surface area contributed by atoms with Crippen LogP contribution in [0, 0.1) is 6.92 Å². The monoisotopic (exact) mass is 372 g/mol. The summed E-state index contributed by atoms with van der Waals surface area (Å²) in [4.78, 5) is 12.2. The topological polar surface area (TPSA) is 130 Å². The maximum Gasteiger partial charge on any atom is 0.295 e. The Morgan fingerprint density at radius 3 is 2.42 bits per heavy atom. The molecule has 0 fully saturated rings. The summed E-state index contributed by atoms with van der Waals surface area (Å²) in [7, 11) is -4.50. The molecule has 5 N–H and O–H groups in total. The van der Waals surface area contributed by atoms with Gasteiger partial charge in [0.25, 0.3) is 16.0 Å². The molecule has 0 unspecified atom stereocenters. The van der Waals surface area contributed by atoms with E-state index in [1.54, 1.807) is 18.2 Å². The van der Waals surface area contributed by atoms with Gasteiger partial charge in [-0.05, 0) is 55.0 Å². The summed E-state index contributed by atoms with van der Waals surface area (Å²) < 4.78 is 32.5. The third-order valence-electron chi connectivity index (χ3n) is 3.94. The van der Waals surface area contributed by atoms with E-state index in [1.165, 1.54) is 24.3 Å². The van der Waals surface area contributed by atoms with Crippen LogP contribution in [0.25, 0.3) is 10.8 Å². The molecule has 0 saturated carbocycles. The number of nitrogens with one attached hydrogen (secondary N) is 1. The summed E-state index contributed by atoms with van der Waals surface area (Å²) in [5.74, 6) is -0.634.